The molecule has 0 aliphatic rings. The van der Waals surface area contributed by atoms with Crippen molar-refractivity contribution in [2.24, 2.45) is 0 Å². The Labute approximate surface area is 335 Å². The van der Waals surface area contributed by atoms with Crippen molar-refractivity contribution in [1.29, 1.82) is 0 Å². The van der Waals surface area contributed by atoms with Crippen molar-refractivity contribution in [1.82, 2.24) is 9.97 Å². The number of rotatable bonds is 7. The molecule has 274 valence electrons. The van der Waals surface area contributed by atoms with Crippen LogP contribution in [0, 0.1) is 6.07 Å². The molecule has 0 aliphatic carbocycles. The number of pyridine rings is 2. The van der Waals surface area contributed by atoms with Crippen molar-refractivity contribution in [3.8, 4) is 61.8 Å². The molecule has 0 saturated carbocycles. The molecule has 3 nitrogen and oxygen atoms in total. The van der Waals surface area contributed by atoms with Gasteiger partial charge in [0.05, 0.1) is 5.69 Å². The maximum atomic E-state index is 12.0. The minimum atomic E-state index is -0.270. The Morgan fingerprint density at radius 1 is 0.537 bits per heavy atom. The van der Waals surface area contributed by atoms with E-state index in [2.05, 4.69) is 170 Å². The van der Waals surface area contributed by atoms with Gasteiger partial charge in [-0.3, -0.25) is 9.97 Å². The first-order valence-electron chi connectivity index (χ1n) is 18.5. The standard InChI is InChI=1S/C50H47N2O.Pt/c1-33(34-17-11-8-12-18-34)38-28-46(52-47(29-38)43-30-42(49(2,3)4)31-44(48(43)53)50(5,6)7)41-26-39(36-21-15-10-16-22-36)25-40(27-41)45-24-23-37(32-51-45)35-19-13-9-14-20-35;/h8-26,28-33,53H,1-7H3;/q-1;. The molecule has 0 radical (unpaired) electrons. The number of phenols is 1. The van der Waals surface area contributed by atoms with E-state index >= 15 is 0 Å². The van der Waals surface area contributed by atoms with E-state index in [9.17, 15) is 5.11 Å². The molecule has 0 aliphatic heterocycles. The summed E-state index contributed by atoms with van der Waals surface area (Å²) < 4.78 is 0. The van der Waals surface area contributed by atoms with Crippen LogP contribution < -0.4 is 0 Å². The minimum Gasteiger partial charge on any atom is -0.507 e. The largest absolute Gasteiger partial charge is 0.507 e. The number of hydrogen-bond acceptors (Lipinski definition) is 3. The maximum Gasteiger partial charge on any atom is 0.128 e. The van der Waals surface area contributed by atoms with Crippen LogP contribution in [0.15, 0.2) is 146 Å². The molecule has 54 heavy (non-hydrogen) atoms. The monoisotopic (exact) mass is 886 g/mol. The van der Waals surface area contributed by atoms with Gasteiger partial charge in [0.15, 0.2) is 0 Å². The molecule has 1 unspecified atom stereocenters. The summed E-state index contributed by atoms with van der Waals surface area (Å²) in [7, 11) is 0. The minimum absolute atomic E-state index is 0. The van der Waals surface area contributed by atoms with E-state index in [1.165, 1.54) is 5.56 Å². The van der Waals surface area contributed by atoms with Gasteiger partial charge in [-0.1, -0.05) is 180 Å². The van der Waals surface area contributed by atoms with Crippen LogP contribution in [0.25, 0.3) is 56.0 Å². The average Bonchev–Trinajstić information content (AvgIpc) is 3.17. The van der Waals surface area contributed by atoms with E-state index in [1.54, 1.807) is 0 Å². The van der Waals surface area contributed by atoms with Crippen molar-refractivity contribution in [2.75, 3.05) is 0 Å². The van der Waals surface area contributed by atoms with E-state index in [-0.39, 0.29) is 43.6 Å². The smallest absolute Gasteiger partial charge is 0.128 e. The van der Waals surface area contributed by atoms with Gasteiger partial charge in [0.2, 0.25) is 0 Å². The van der Waals surface area contributed by atoms with Gasteiger partial charge in [0, 0.05) is 55.7 Å². The molecule has 0 amide bonds. The third kappa shape index (κ3) is 8.33. The molecule has 1 N–H and O–H groups in total. The number of aromatic hydroxyl groups is 1. The van der Waals surface area contributed by atoms with Crippen molar-refractivity contribution < 1.29 is 26.2 Å². The second-order valence-corrected chi connectivity index (χ2v) is 16.1. The first-order chi connectivity index (χ1) is 25.3. The Morgan fingerprint density at radius 2 is 1.09 bits per heavy atom. The fraction of sp³-hybridized carbons (Fsp3) is 0.200. The summed E-state index contributed by atoms with van der Waals surface area (Å²) in [6, 6.07) is 52.2. The van der Waals surface area contributed by atoms with Crippen molar-refractivity contribution >= 4 is 0 Å². The molecule has 1 atom stereocenters. The SMILES string of the molecule is CC(c1ccccc1)c1cc(-c2[c-]c(-c3ccc(-c4ccccc4)cn3)cc(-c3ccccc3)c2)nc(-c2cc(C(C)(C)C)cc(C(C)(C)C)c2O)c1.[Pt]. The Kier molecular flexibility index (Phi) is 11.2. The molecule has 7 aromatic rings. The predicted octanol–water partition coefficient (Wildman–Crippen LogP) is 13.1. The summed E-state index contributed by atoms with van der Waals surface area (Å²) in [5, 5.41) is 12.0. The van der Waals surface area contributed by atoms with Crippen molar-refractivity contribution in [3.05, 3.63) is 174 Å². The Balaban J connectivity index is 0.00000497. The van der Waals surface area contributed by atoms with Crippen LogP contribution in [-0.4, -0.2) is 15.1 Å². The zero-order valence-corrected chi connectivity index (χ0v) is 34.4. The van der Waals surface area contributed by atoms with Crippen LogP contribution in [-0.2, 0) is 31.9 Å². The topological polar surface area (TPSA) is 46.0 Å². The molecule has 0 saturated heterocycles. The molecular weight excluding hydrogens is 840 g/mol. The zero-order valence-electron chi connectivity index (χ0n) is 32.1. The Morgan fingerprint density at radius 3 is 1.65 bits per heavy atom. The van der Waals surface area contributed by atoms with Gasteiger partial charge in [-0.25, -0.2) is 0 Å². The normalized spacial score (nSPS) is 12.2. The Bertz CT molecular complexity index is 2360. The summed E-state index contributed by atoms with van der Waals surface area (Å²) in [5.74, 6) is 0.356. The molecule has 0 fully saturated rings. The molecule has 2 heterocycles. The first-order valence-corrected chi connectivity index (χ1v) is 18.5. The van der Waals surface area contributed by atoms with Gasteiger partial charge < -0.3 is 5.11 Å². The molecule has 7 rings (SSSR count). The second kappa shape index (κ2) is 15.7. The molecule has 2 aromatic heterocycles. The number of nitrogens with zero attached hydrogens (tertiary/aromatic N) is 2. The number of aromatic nitrogens is 2. The zero-order chi connectivity index (χ0) is 37.3. The van der Waals surface area contributed by atoms with Crippen molar-refractivity contribution in [2.45, 2.75) is 65.2 Å². The third-order valence-corrected chi connectivity index (χ3v) is 10.1. The number of hydrogen-bond donors (Lipinski definition) is 1. The van der Waals surface area contributed by atoms with Gasteiger partial charge in [-0.05, 0) is 56.3 Å². The molecular formula is C50H47N2OPt-. The fourth-order valence-electron chi connectivity index (χ4n) is 6.84. The van der Waals surface area contributed by atoms with Crippen molar-refractivity contribution in [3.63, 3.8) is 0 Å². The van der Waals surface area contributed by atoms with Gasteiger partial charge >= 0.3 is 0 Å². The molecule has 4 heteroatoms. The fourth-order valence-corrected chi connectivity index (χ4v) is 6.84. The van der Waals surface area contributed by atoms with E-state index in [1.807, 2.05) is 30.5 Å². The third-order valence-electron chi connectivity index (χ3n) is 10.1. The van der Waals surface area contributed by atoms with E-state index in [4.69, 9.17) is 9.97 Å². The summed E-state index contributed by atoms with van der Waals surface area (Å²) >= 11 is 0. The van der Waals surface area contributed by atoms with Gasteiger partial charge in [0.1, 0.15) is 5.75 Å². The summed E-state index contributed by atoms with van der Waals surface area (Å²) in [5.41, 5.74) is 13.2. The van der Waals surface area contributed by atoms with E-state index in [0.717, 1.165) is 72.7 Å². The summed E-state index contributed by atoms with van der Waals surface area (Å²) in [4.78, 5) is 10.3. The van der Waals surface area contributed by atoms with E-state index < -0.39 is 0 Å². The number of benzene rings is 5. The first kappa shape index (κ1) is 38.6. The quantitative estimate of drug-likeness (QED) is 0.162. The molecule has 0 spiro atoms. The van der Waals surface area contributed by atoms with Crippen LogP contribution >= 0.6 is 0 Å². The summed E-state index contributed by atoms with van der Waals surface area (Å²) in [6.07, 6.45) is 1.93. The van der Waals surface area contributed by atoms with Crippen LogP contribution in [0.1, 0.15) is 76.6 Å². The van der Waals surface area contributed by atoms with Gasteiger partial charge in [0.25, 0.3) is 0 Å². The number of phenolic OH excluding ortho intramolecular Hbond substituents is 1. The molecule has 5 aromatic carbocycles. The van der Waals surface area contributed by atoms with Crippen LogP contribution in [0.3, 0.4) is 0 Å². The van der Waals surface area contributed by atoms with Crippen LogP contribution in [0.5, 0.6) is 5.75 Å². The van der Waals surface area contributed by atoms with Crippen LogP contribution in [0.2, 0.25) is 0 Å². The average molecular weight is 887 g/mol. The maximum absolute atomic E-state index is 12.0. The summed E-state index contributed by atoms with van der Waals surface area (Å²) in [6.45, 7) is 15.3. The second-order valence-electron chi connectivity index (χ2n) is 16.1. The van der Waals surface area contributed by atoms with Crippen LogP contribution in [0.4, 0.5) is 0 Å². The molecule has 0 bridgehead atoms. The van der Waals surface area contributed by atoms with E-state index in [0.29, 0.717) is 0 Å². The van der Waals surface area contributed by atoms with Gasteiger partial charge in [-0.2, -0.15) is 0 Å². The van der Waals surface area contributed by atoms with Gasteiger partial charge in [-0.15, -0.1) is 18.2 Å². The predicted molar refractivity (Wildman–Crippen MR) is 221 cm³/mol. The Hall–Kier alpha value is -5.11.